The lowest BCUT2D eigenvalue weighted by atomic mass is 10.4. The summed E-state index contributed by atoms with van der Waals surface area (Å²) in [6, 6.07) is 0. The van der Waals surface area contributed by atoms with Crippen LogP contribution in [-0.4, -0.2) is 42.3 Å². The van der Waals surface area contributed by atoms with Crippen LogP contribution in [0.2, 0.25) is 0 Å². The van der Waals surface area contributed by atoms with Gasteiger partial charge >= 0.3 is 12.1 Å². The van der Waals surface area contributed by atoms with Crippen LogP contribution in [0.3, 0.4) is 0 Å². The fraction of sp³-hybridized carbons (Fsp3) is 0.833. The summed E-state index contributed by atoms with van der Waals surface area (Å²) in [5.74, 6) is -2.91. The molecule has 0 spiro atoms. The predicted molar refractivity (Wildman–Crippen MR) is 50.8 cm³/mol. The number of hydrogen-bond donors (Lipinski definition) is 1. The van der Waals surface area contributed by atoms with Crippen molar-refractivity contribution in [1.82, 2.24) is 0 Å². The number of alkyl halides is 4. The van der Waals surface area contributed by atoms with Crippen LogP contribution in [0.1, 0.15) is 6.42 Å². The van der Waals surface area contributed by atoms with Gasteiger partial charge in [0.2, 0.25) is 6.10 Å². The number of hydrogen-bond acceptors (Lipinski definition) is 4. The highest BCUT2D eigenvalue weighted by atomic mass is 79.9. The van der Waals surface area contributed by atoms with Gasteiger partial charge in [0, 0.05) is 5.33 Å². The second-order valence-corrected chi connectivity index (χ2v) is 5.00. The van der Waals surface area contributed by atoms with E-state index in [0.717, 1.165) is 0 Å². The molecule has 0 bridgehead atoms. The van der Waals surface area contributed by atoms with Crippen molar-refractivity contribution in [2.75, 3.05) is 11.1 Å². The van der Waals surface area contributed by atoms with Gasteiger partial charge in [-0.2, -0.15) is 21.6 Å². The molecule has 0 rings (SSSR count). The standard InChI is InChI=1S/C6H8BrF3O5S/c7-2-1-5(11)15-4(6(8,9)10)3-16(12,13)14/h4H,1-3H2,(H,12,13,14). The van der Waals surface area contributed by atoms with E-state index in [4.69, 9.17) is 4.55 Å². The van der Waals surface area contributed by atoms with Gasteiger partial charge in [-0.15, -0.1) is 0 Å². The molecule has 1 unspecified atom stereocenters. The topological polar surface area (TPSA) is 80.7 Å². The first-order valence-electron chi connectivity index (χ1n) is 3.83. The molecule has 0 saturated heterocycles. The van der Waals surface area contributed by atoms with Gasteiger partial charge < -0.3 is 4.74 Å². The van der Waals surface area contributed by atoms with Gasteiger partial charge in [-0.25, -0.2) is 0 Å². The number of esters is 1. The Labute approximate surface area is 97.8 Å². The van der Waals surface area contributed by atoms with Crippen LogP contribution in [0.25, 0.3) is 0 Å². The minimum atomic E-state index is -5.04. The predicted octanol–water partition coefficient (Wildman–Crippen LogP) is 1.13. The molecule has 1 atom stereocenters. The van der Waals surface area contributed by atoms with Crippen molar-refractivity contribution in [3.63, 3.8) is 0 Å². The van der Waals surface area contributed by atoms with E-state index in [2.05, 4.69) is 20.7 Å². The normalized spacial score (nSPS) is 14.6. The lowest BCUT2D eigenvalue weighted by Crippen LogP contribution is -2.39. The van der Waals surface area contributed by atoms with Gasteiger partial charge in [0.05, 0.1) is 6.42 Å². The number of halogens is 4. The Morgan fingerprint density at radius 3 is 2.25 bits per heavy atom. The number of carbonyl (C=O) groups is 1. The third-order valence-corrected chi connectivity index (χ3v) is 2.42. The Kier molecular flexibility index (Phi) is 5.70. The first-order valence-corrected chi connectivity index (χ1v) is 6.56. The Bertz CT molecular complexity index is 339. The summed E-state index contributed by atoms with van der Waals surface area (Å²) in [5.41, 5.74) is 0. The van der Waals surface area contributed by atoms with Crippen LogP contribution in [0.4, 0.5) is 13.2 Å². The lowest BCUT2D eigenvalue weighted by molar-refractivity contribution is -0.215. The van der Waals surface area contributed by atoms with Gasteiger partial charge in [-0.1, -0.05) is 15.9 Å². The molecule has 0 saturated carbocycles. The van der Waals surface area contributed by atoms with E-state index < -0.39 is 34.1 Å². The first kappa shape index (κ1) is 15.7. The largest absolute Gasteiger partial charge is 0.451 e. The minimum Gasteiger partial charge on any atom is -0.451 e. The van der Waals surface area contributed by atoms with Crippen LogP contribution in [0.5, 0.6) is 0 Å². The van der Waals surface area contributed by atoms with Crippen molar-refractivity contribution in [3.8, 4) is 0 Å². The summed E-state index contributed by atoms with van der Waals surface area (Å²) in [7, 11) is -4.88. The van der Waals surface area contributed by atoms with Crippen molar-refractivity contribution in [2.45, 2.75) is 18.7 Å². The molecule has 0 aromatic rings. The molecule has 0 aromatic heterocycles. The van der Waals surface area contributed by atoms with Gasteiger partial charge in [0.1, 0.15) is 5.75 Å². The lowest BCUT2D eigenvalue weighted by Gasteiger charge is -2.19. The molecular formula is C6H8BrF3O5S. The zero-order valence-corrected chi connectivity index (χ0v) is 10.1. The molecule has 0 aliphatic rings. The monoisotopic (exact) mass is 328 g/mol. The summed E-state index contributed by atoms with van der Waals surface area (Å²) >= 11 is 2.80. The van der Waals surface area contributed by atoms with Crippen LogP contribution >= 0.6 is 15.9 Å². The number of ether oxygens (including phenoxy) is 1. The maximum absolute atomic E-state index is 12.2. The van der Waals surface area contributed by atoms with Crippen molar-refractivity contribution in [2.24, 2.45) is 0 Å². The SMILES string of the molecule is O=C(CCBr)OC(CS(=O)(=O)O)C(F)(F)F. The third-order valence-electron chi connectivity index (χ3n) is 1.30. The van der Waals surface area contributed by atoms with Gasteiger partial charge in [-0.3, -0.25) is 9.35 Å². The molecule has 16 heavy (non-hydrogen) atoms. The summed E-state index contributed by atoms with van der Waals surface area (Å²) in [6.45, 7) is 0. The van der Waals surface area contributed by atoms with E-state index >= 15 is 0 Å². The van der Waals surface area contributed by atoms with E-state index in [1.165, 1.54) is 0 Å². The maximum Gasteiger partial charge on any atom is 0.426 e. The van der Waals surface area contributed by atoms with Crippen LogP contribution in [-0.2, 0) is 19.6 Å². The van der Waals surface area contributed by atoms with Crippen LogP contribution < -0.4 is 0 Å². The van der Waals surface area contributed by atoms with Crippen LogP contribution in [0, 0.1) is 0 Å². The molecular weight excluding hydrogens is 321 g/mol. The average molecular weight is 329 g/mol. The fourth-order valence-electron chi connectivity index (χ4n) is 0.681. The molecule has 0 fully saturated rings. The van der Waals surface area contributed by atoms with E-state index in [9.17, 15) is 26.4 Å². The van der Waals surface area contributed by atoms with E-state index in [0.29, 0.717) is 0 Å². The summed E-state index contributed by atoms with van der Waals surface area (Å²) < 4.78 is 69.3. The van der Waals surface area contributed by atoms with Crippen molar-refractivity contribution in [3.05, 3.63) is 0 Å². The van der Waals surface area contributed by atoms with Gasteiger partial charge in [0.15, 0.2) is 0 Å². The number of carbonyl (C=O) groups excluding carboxylic acids is 1. The van der Waals surface area contributed by atoms with E-state index in [1.807, 2.05) is 0 Å². The molecule has 0 radical (unpaired) electrons. The Hall–Kier alpha value is -0.350. The molecule has 0 aliphatic carbocycles. The average Bonchev–Trinajstić information content (AvgIpc) is 1.98. The summed E-state index contributed by atoms with van der Waals surface area (Å²) in [4.78, 5) is 10.8. The van der Waals surface area contributed by atoms with Crippen molar-refractivity contribution in [1.29, 1.82) is 0 Å². The van der Waals surface area contributed by atoms with E-state index in [1.54, 1.807) is 0 Å². The molecule has 1 N–H and O–H groups in total. The van der Waals surface area contributed by atoms with Crippen molar-refractivity contribution < 1.29 is 35.7 Å². The summed E-state index contributed by atoms with van der Waals surface area (Å²) in [5, 5.41) is 0.0856. The molecule has 10 heteroatoms. The Morgan fingerprint density at radius 1 is 1.44 bits per heavy atom. The summed E-state index contributed by atoms with van der Waals surface area (Å²) in [6.07, 6.45) is -8.23. The zero-order chi connectivity index (χ0) is 13.0. The fourth-order valence-corrected chi connectivity index (χ4v) is 1.64. The van der Waals surface area contributed by atoms with E-state index in [-0.39, 0.29) is 11.8 Å². The molecule has 0 amide bonds. The number of rotatable bonds is 5. The van der Waals surface area contributed by atoms with Crippen LogP contribution in [0.15, 0.2) is 0 Å². The highest BCUT2D eigenvalue weighted by Crippen LogP contribution is 2.24. The third kappa shape index (κ3) is 7.01. The highest BCUT2D eigenvalue weighted by Gasteiger charge is 2.45. The van der Waals surface area contributed by atoms with Gasteiger partial charge in [-0.05, 0) is 0 Å². The minimum absolute atomic E-state index is 0.0856. The second-order valence-electron chi connectivity index (χ2n) is 2.71. The molecule has 0 aromatic carbocycles. The molecule has 0 aliphatic heterocycles. The zero-order valence-electron chi connectivity index (χ0n) is 7.70. The van der Waals surface area contributed by atoms with Gasteiger partial charge in [0.25, 0.3) is 10.1 Å². The Morgan fingerprint density at radius 2 is 1.94 bits per heavy atom. The second kappa shape index (κ2) is 5.82. The first-order chi connectivity index (χ1) is 7.06. The maximum atomic E-state index is 12.2. The van der Waals surface area contributed by atoms with Crippen molar-refractivity contribution >= 4 is 32.0 Å². The Balaban J connectivity index is 4.65. The molecule has 96 valence electrons. The quantitative estimate of drug-likeness (QED) is 0.465. The molecule has 0 heterocycles. The highest BCUT2D eigenvalue weighted by molar-refractivity contribution is 9.09. The molecule has 5 nitrogen and oxygen atoms in total. The smallest absolute Gasteiger partial charge is 0.426 e.